The molecule has 0 aliphatic rings. The van der Waals surface area contributed by atoms with Crippen molar-refractivity contribution in [1.82, 2.24) is 10.2 Å². The van der Waals surface area contributed by atoms with Gasteiger partial charge in [-0.15, -0.1) is 0 Å². The fourth-order valence-electron chi connectivity index (χ4n) is 0.968. The summed E-state index contributed by atoms with van der Waals surface area (Å²) in [6.07, 6.45) is 0. The number of nitrogens with one attached hydrogen (secondary N) is 1. The number of nitrogens with two attached hydrogens (primary N) is 1. The molecule has 0 aliphatic heterocycles. The summed E-state index contributed by atoms with van der Waals surface area (Å²) in [5.41, 5.74) is 4.85. The Morgan fingerprint density at radius 1 is 1.12 bits per heavy atom. The average molecular weight is 243 g/mol. The molecule has 0 unspecified atom stereocenters. The molecule has 0 aliphatic carbocycles. The maximum absolute atomic E-state index is 12.2. The predicted octanol–water partition coefficient (Wildman–Crippen LogP) is 1.21. The number of likely N-dealkylation sites (N-methyl/N-ethyl adjacent to an activating group) is 1. The van der Waals surface area contributed by atoms with Gasteiger partial charge in [0.05, 0.1) is 5.41 Å². The Balaban J connectivity index is 4.59. The largest absolute Gasteiger partial charge is 0.354 e. The van der Waals surface area contributed by atoms with E-state index in [0.29, 0.717) is 6.54 Å². The van der Waals surface area contributed by atoms with Gasteiger partial charge in [0, 0.05) is 17.6 Å². The minimum atomic E-state index is -0.588. The lowest BCUT2D eigenvalue weighted by molar-refractivity contribution is -0.132. The zero-order valence-electron chi connectivity index (χ0n) is 12.6. The Kier molecular flexibility index (Phi) is 4.77. The molecule has 0 bridgehead atoms. The molecule has 102 valence electrons. The zero-order chi connectivity index (χ0) is 14.1. The standard InChI is InChI=1S/C13H29N3O/c1-11(2,16(7)8)9-15-10(17)12(3,4)13(5,6)14/h9,14H2,1-8H3,(H,15,17). The topological polar surface area (TPSA) is 58.4 Å². The van der Waals surface area contributed by atoms with Crippen LogP contribution in [-0.4, -0.2) is 42.5 Å². The lowest BCUT2D eigenvalue weighted by Gasteiger charge is -2.39. The van der Waals surface area contributed by atoms with E-state index in [-0.39, 0.29) is 11.4 Å². The van der Waals surface area contributed by atoms with Crippen molar-refractivity contribution in [2.24, 2.45) is 11.1 Å². The Morgan fingerprint density at radius 3 is 1.82 bits per heavy atom. The summed E-state index contributed by atoms with van der Waals surface area (Å²) in [6, 6.07) is 0. The van der Waals surface area contributed by atoms with Gasteiger partial charge in [-0.1, -0.05) is 0 Å². The maximum Gasteiger partial charge on any atom is 0.227 e. The van der Waals surface area contributed by atoms with Gasteiger partial charge in [0.15, 0.2) is 0 Å². The van der Waals surface area contributed by atoms with Crippen LogP contribution < -0.4 is 11.1 Å². The molecule has 4 heteroatoms. The summed E-state index contributed by atoms with van der Waals surface area (Å²) >= 11 is 0. The minimum Gasteiger partial charge on any atom is -0.354 e. The average Bonchev–Trinajstić information content (AvgIpc) is 2.12. The number of carbonyl (C=O) groups is 1. The monoisotopic (exact) mass is 243 g/mol. The minimum absolute atomic E-state index is 0.0000694. The Hall–Kier alpha value is -0.610. The van der Waals surface area contributed by atoms with E-state index in [1.54, 1.807) is 0 Å². The van der Waals surface area contributed by atoms with E-state index in [1.807, 2.05) is 41.8 Å². The zero-order valence-corrected chi connectivity index (χ0v) is 12.6. The van der Waals surface area contributed by atoms with E-state index in [2.05, 4.69) is 24.1 Å². The smallest absolute Gasteiger partial charge is 0.227 e. The van der Waals surface area contributed by atoms with Gasteiger partial charge in [0.1, 0.15) is 0 Å². The molecule has 1 amide bonds. The van der Waals surface area contributed by atoms with Crippen molar-refractivity contribution in [3.63, 3.8) is 0 Å². The van der Waals surface area contributed by atoms with Crippen LogP contribution in [0.25, 0.3) is 0 Å². The van der Waals surface area contributed by atoms with Crippen molar-refractivity contribution in [1.29, 1.82) is 0 Å². The quantitative estimate of drug-likeness (QED) is 0.763. The van der Waals surface area contributed by atoms with Crippen molar-refractivity contribution in [2.75, 3.05) is 20.6 Å². The van der Waals surface area contributed by atoms with Crippen molar-refractivity contribution >= 4 is 5.91 Å². The van der Waals surface area contributed by atoms with E-state index in [4.69, 9.17) is 5.73 Å². The van der Waals surface area contributed by atoms with Crippen LogP contribution in [-0.2, 0) is 4.79 Å². The van der Waals surface area contributed by atoms with Gasteiger partial charge in [-0.3, -0.25) is 4.79 Å². The molecule has 0 saturated carbocycles. The lowest BCUT2D eigenvalue weighted by atomic mass is 9.74. The molecule has 0 atom stereocenters. The number of rotatable bonds is 5. The molecule has 17 heavy (non-hydrogen) atoms. The highest BCUT2D eigenvalue weighted by atomic mass is 16.2. The summed E-state index contributed by atoms with van der Waals surface area (Å²) in [5.74, 6) is -0.0000694. The van der Waals surface area contributed by atoms with Crippen LogP contribution in [0, 0.1) is 5.41 Å². The summed E-state index contributed by atoms with van der Waals surface area (Å²) in [4.78, 5) is 14.3. The van der Waals surface area contributed by atoms with Gasteiger partial charge in [-0.05, 0) is 55.6 Å². The molecule has 0 aromatic rings. The molecule has 0 saturated heterocycles. The summed E-state index contributed by atoms with van der Waals surface area (Å²) in [5, 5.41) is 2.99. The third-order valence-electron chi connectivity index (χ3n) is 4.07. The van der Waals surface area contributed by atoms with Crippen molar-refractivity contribution in [3.05, 3.63) is 0 Å². The fraction of sp³-hybridized carbons (Fsp3) is 0.923. The number of nitrogens with zero attached hydrogens (tertiary/aromatic N) is 1. The van der Waals surface area contributed by atoms with Crippen LogP contribution in [0.1, 0.15) is 41.5 Å². The van der Waals surface area contributed by atoms with Gasteiger partial charge in [-0.25, -0.2) is 0 Å². The van der Waals surface area contributed by atoms with Gasteiger partial charge in [0.25, 0.3) is 0 Å². The highest BCUT2D eigenvalue weighted by Crippen LogP contribution is 2.28. The second-order valence-electron chi connectivity index (χ2n) is 6.74. The van der Waals surface area contributed by atoms with Crippen LogP contribution in [0.5, 0.6) is 0 Å². The molecular weight excluding hydrogens is 214 g/mol. The molecule has 0 spiro atoms. The van der Waals surface area contributed by atoms with Gasteiger partial charge in [-0.2, -0.15) is 0 Å². The van der Waals surface area contributed by atoms with Crippen molar-refractivity contribution in [2.45, 2.75) is 52.6 Å². The first-order chi connectivity index (χ1) is 7.32. The van der Waals surface area contributed by atoms with Crippen molar-refractivity contribution < 1.29 is 4.79 Å². The van der Waals surface area contributed by atoms with Crippen LogP contribution in [0.4, 0.5) is 0 Å². The number of amides is 1. The summed E-state index contributed by atoms with van der Waals surface area (Å²) in [7, 11) is 4.01. The number of hydrogen-bond acceptors (Lipinski definition) is 3. The summed E-state index contributed by atoms with van der Waals surface area (Å²) in [6.45, 7) is 12.3. The van der Waals surface area contributed by atoms with E-state index in [9.17, 15) is 4.79 Å². The molecule has 3 N–H and O–H groups in total. The molecule has 0 radical (unpaired) electrons. The number of carbonyl (C=O) groups excluding carboxylic acids is 1. The first kappa shape index (κ1) is 16.4. The Morgan fingerprint density at radius 2 is 1.53 bits per heavy atom. The van der Waals surface area contributed by atoms with Gasteiger partial charge in [0.2, 0.25) is 5.91 Å². The Bertz CT molecular complexity index is 275. The van der Waals surface area contributed by atoms with Crippen molar-refractivity contribution in [3.8, 4) is 0 Å². The molecule has 0 aromatic carbocycles. The molecule has 0 rings (SSSR count). The highest BCUT2D eigenvalue weighted by Gasteiger charge is 2.40. The third-order valence-corrected chi connectivity index (χ3v) is 4.07. The van der Waals surface area contributed by atoms with Crippen LogP contribution in [0.3, 0.4) is 0 Å². The first-order valence-corrected chi connectivity index (χ1v) is 6.07. The number of hydrogen-bond donors (Lipinski definition) is 2. The van der Waals surface area contributed by atoms with Crippen LogP contribution >= 0.6 is 0 Å². The van der Waals surface area contributed by atoms with Gasteiger partial charge < -0.3 is 16.0 Å². The maximum atomic E-state index is 12.2. The van der Waals surface area contributed by atoms with Gasteiger partial charge >= 0.3 is 0 Å². The highest BCUT2D eigenvalue weighted by molar-refractivity contribution is 5.83. The predicted molar refractivity (Wildman–Crippen MR) is 72.8 cm³/mol. The van der Waals surface area contributed by atoms with E-state index in [0.717, 1.165) is 0 Å². The summed E-state index contributed by atoms with van der Waals surface area (Å²) < 4.78 is 0. The van der Waals surface area contributed by atoms with E-state index in [1.165, 1.54) is 0 Å². The normalized spacial score (nSPS) is 14.0. The fourth-order valence-corrected chi connectivity index (χ4v) is 0.968. The molecular formula is C13H29N3O. The Labute approximate surface area is 106 Å². The van der Waals surface area contributed by atoms with E-state index < -0.39 is 11.0 Å². The first-order valence-electron chi connectivity index (χ1n) is 6.07. The van der Waals surface area contributed by atoms with Crippen LogP contribution in [0.15, 0.2) is 0 Å². The SMILES string of the molecule is CN(C)C(C)(C)CNC(=O)C(C)(C)C(C)(C)N. The molecule has 0 fully saturated rings. The third kappa shape index (κ3) is 3.96. The van der Waals surface area contributed by atoms with E-state index >= 15 is 0 Å². The second kappa shape index (κ2) is 4.94. The van der Waals surface area contributed by atoms with Crippen LogP contribution in [0.2, 0.25) is 0 Å². The molecule has 4 nitrogen and oxygen atoms in total. The lowest BCUT2D eigenvalue weighted by Crippen LogP contribution is -2.58. The second-order valence-corrected chi connectivity index (χ2v) is 6.74. The molecule has 0 heterocycles. The molecule has 0 aromatic heterocycles.